The summed E-state index contributed by atoms with van der Waals surface area (Å²) in [4.78, 5) is 0. The lowest BCUT2D eigenvalue weighted by atomic mass is 10.3. The van der Waals surface area contributed by atoms with Crippen molar-refractivity contribution in [3.05, 3.63) is 45.7 Å². The number of ether oxygens (including phenoxy) is 1. The predicted molar refractivity (Wildman–Crippen MR) is 102 cm³/mol. The van der Waals surface area contributed by atoms with Crippen molar-refractivity contribution in [2.75, 3.05) is 20.3 Å². The SMILES string of the molecule is COCCNC(=S)N/N=C\c1c(C)nn(-c2ccccc2Cl)c1Cl. The lowest BCUT2D eigenvalue weighted by Crippen LogP contribution is -2.34. The van der Waals surface area contributed by atoms with E-state index in [2.05, 4.69) is 20.9 Å². The Morgan fingerprint density at radius 2 is 2.17 bits per heavy atom. The van der Waals surface area contributed by atoms with Crippen molar-refractivity contribution in [1.82, 2.24) is 20.5 Å². The molecule has 0 aliphatic carbocycles. The van der Waals surface area contributed by atoms with E-state index in [0.29, 0.717) is 39.7 Å². The number of halogens is 2. The number of hydrogen-bond acceptors (Lipinski definition) is 4. The molecule has 0 radical (unpaired) electrons. The lowest BCUT2D eigenvalue weighted by Gasteiger charge is -2.06. The Hall–Kier alpha value is -1.67. The van der Waals surface area contributed by atoms with Gasteiger partial charge >= 0.3 is 0 Å². The van der Waals surface area contributed by atoms with E-state index in [1.807, 2.05) is 25.1 Å². The summed E-state index contributed by atoms with van der Waals surface area (Å²) < 4.78 is 6.50. The molecule has 2 rings (SSSR count). The minimum absolute atomic E-state index is 0.399. The molecule has 0 saturated heterocycles. The summed E-state index contributed by atoms with van der Waals surface area (Å²) >= 11 is 17.7. The summed E-state index contributed by atoms with van der Waals surface area (Å²) in [6.07, 6.45) is 1.57. The summed E-state index contributed by atoms with van der Waals surface area (Å²) in [5, 5.41) is 12.8. The zero-order valence-corrected chi connectivity index (χ0v) is 15.5. The average molecular weight is 386 g/mol. The molecule has 1 aromatic carbocycles. The van der Waals surface area contributed by atoms with Crippen molar-refractivity contribution in [2.24, 2.45) is 5.10 Å². The highest BCUT2D eigenvalue weighted by Crippen LogP contribution is 2.26. The number of benzene rings is 1. The Labute approximate surface area is 155 Å². The van der Waals surface area contributed by atoms with Gasteiger partial charge in [0.15, 0.2) is 5.11 Å². The van der Waals surface area contributed by atoms with Gasteiger partial charge in [-0.25, -0.2) is 4.68 Å². The van der Waals surface area contributed by atoms with Gasteiger partial charge in [0.05, 0.1) is 34.8 Å². The highest BCUT2D eigenvalue weighted by molar-refractivity contribution is 7.80. The van der Waals surface area contributed by atoms with Crippen LogP contribution in [0.25, 0.3) is 5.69 Å². The average Bonchev–Trinajstić information content (AvgIpc) is 2.83. The van der Waals surface area contributed by atoms with E-state index in [9.17, 15) is 0 Å². The van der Waals surface area contributed by atoms with E-state index >= 15 is 0 Å². The van der Waals surface area contributed by atoms with Crippen molar-refractivity contribution in [3.63, 3.8) is 0 Å². The first kappa shape index (κ1) is 18.7. The molecule has 9 heteroatoms. The molecule has 1 heterocycles. The molecule has 0 saturated carbocycles. The third-order valence-corrected chi connectivity index (χ3v) is 4.00. The number of methoxy groups -OCH3 is 1. The molecule has 0 spiro atoms. The number of nitrogens with one attached hydrogen (secondary N) is 2. The normalized spacial score (nSPS) is 11.0. The molecule has 24 heavy (non-hydrogen) atoms. The first-order valence-electron chi connectivity index (χ1n) is 7.10. The molecular weight excluding hydrogens is 369 g/mol. The van der Waals surface area contributed by atoms with Gasteiger partial charge in [0.2, 0.25) is 0 Å². The van der Waals surface area contributed by atoms with Gasteiger partial charge < -0.3 is 10.1 Å². The molecule has 0 unspecified atom stereocenters. The maximum absolute atomic E-state index is 6.41. The Bertz CT molecular complexity index is 747. The van der Waals surface area contributed by atoms with E-state index in [0.717, 1.165) is 5.69 Å². The zero-order chi connectivity index (χ0) is 17.5. The van der Waals surface area contributed by atoms with E-state index in [-0.39, 0.29) is 0 Å². The highest BCUT2D eigenvalue weighted by atomic mass is 35.5. The van der Waals surface area contributed by atoms with Crippen LogP contribution >= 0.6 is 35.4 Å². The molecule has 2 N–H and O–H groups in total. The van der Waals surface area contributed by atoms with Crippen LogP contribution in [0.5, 0.6) is 0 Å². The van der Waals surface area contributed by atoms with Crippen LogP contribution in [0.15, 0.2) is 29.4 Å². The van der Waals surface area contributed by atoms with Crippen LogP contribution in [0.4, 0.5) is 0 Å². The quantitative estimate of drug-likeness (QED) is 0.346. The fraction of sp³-hybridized carbons (Fsp3) is 0.267. The summed E-state index contributed by atoms with van der Waals surface area (Å²) in [5.41, 5.74) is 4.83. The number of hydrazone groups is 1. The monoisotopic (exact) mass is 385 g/mol. The minimum Gasteiger partial charge on any atom is -0.383 e. The number of aromatic nitrogens is 2. The molecule has 0 aliphatic rings. The van der Waals surface area contributed by atoms with Crippen molar-refractivity contribution >= 4 is 46.7 Å². The second kappa shape index (κ2) is 8.98. The number of rotatable bonds is 6. The van der Waals surface area contributed by atoms with E-state index in [4.69, 9.17) is 40.2 Å². The van der Waals surface area contributed by atoms with Crippen LogP contribution in [0.3, 0.4) is 0 Å². The zero-order valence-electron chi connectivity index (χ0n) is 13.2. The van der Waals surface area contributed by atoms with Crippen molar-refractivity contribution < 1.29 is 4.74 Å². The molecule has 0 fully saturated rings. The topological polar surface area (TPSA) is 63.5 Å². The van der Waals surface area contributed by atoms with Crippen molar-refractivity contribution in [3.8, 4) is 5.69 Å². The van der Waals surface area contributed by atoms with Gasteiger partial charge in [0.1, 0.15) is 5.15 Å². The standard InChI is InChI=1S/C15H17Cl2N5OS/c1-10-11(9-19-20-15(24)18-7-8-23-2)14(17)22(21-10)13-6-4-3-5-12(13)16/h3-6,9H,7-8H2,1-2H3,(H2,18,20,24)/b19-9-. The molecular formula is C15H17Cl2N5OS. The second-order valence-electron chi connectivity index (χ2n) is 4.77. The number of hydrogen-bond donors (Lipinski definition) is 2. The van der Waals surface area contributed by atoms with Crippen LogP contribution in [0.1, 0.15) is 11.3 Å². The van der Waals surface area contributed by atoms with Gasteiger partial charge in [0, 0.05) is 13.7 Å². The lowest BCUT2D eigenvalue weighted by molar-refractivity contribution is 0.204. The number of nitrogens with zero attached hydrogens (tertiary/aromatic N) is 3. The van der Waals surface area contributed by atoms with Crippen LogP contribution in [0.2, 0.25) is 10.2 Å². The smallest absolute Gasteiger partial charge is 0.187 e. The predicted octanol–water partition coefficient (Wildman–Crippen LogP) is 2.93. The van der Waals surface area contributed by atoms with Gasteiger partial charge in [-0.2, -0.15) is 10.2 Å². The van der Waals surface area contributed by atoms with Crippen LogP contribution in [-0.4, -0.2) is 41.4 Å². The molecule has 0 atom stereocenters. The molecule has 2 aromatic rings. The third kappa shape index (κ3) is 4.67. The van der Waals surface area contributed by atoms with E-state index in [1.165, 1.54) is 0 Å². The molecule has 128 valence electrons. The molecule has 0 bridgehead atoms. The van der Waals surface area contributed by atoms with E-state index < -0.39 is 0 Å². The highest BCUT2D eigenvalue weighted by Gasteiger charge is 2.14. The Kier molecular flexibility index (Phi) is 6.99. The second-order valence-corrected chi connectivity index (χ2v) is 5.95. The first-order chi connectivity index (χ1) is 11.5. The summed E-state index contributed by atoms with van der Waals surface area (Å²) in [5.74, 6) is 0. The van der Waals surface area contributed by atoms with Crippen LogP contribution in [-0.2, 0) is 4.74 Å². The maximum atomic E-state index is 6.41. The van der Waals surface area contributed by atoms with Crippen LogP contribution in [0, 0.1) is 6.92 Å². The fourth-order valence-electron chi connectivity index (χ4n) is 1.90. The number of thiocarbonyl (C=S) groups is 1. The maximum Gasteiger partial charge on any atom is 0.187 e. The molecule has 0 aliphatic heterocycles. The van der Waals surface area contributed by atoms with E-state index in [1.54, 1.807) is 24.1 Å². The summed E-state index contributed by atoms with van der Waals surface area (Å²) in [6.45, 7) is 3.00. The molecule has 0 amide bonds. The number of para-hydroxylation sites is 1. The summed E-state index contributed by atoms with van der Waals surface area (Å²) in [7, 11) is 1.62. The van der Waals surface area contributed by atoms with Gasteiger partial charge in [-0.15, -0.1) is 0 Å². The van der Waals surface area contributed by atoms with Gasteiger partial charge in [0.25, 0.3) is 0 Å². The Morgan fingerprint density at radius 1 is 1.42 bits per heavy atom. The number of aryl methyl sites for hydroxylation is 1. The van der Waals surface area contributed by atoms with Gasteiger partial charge in [-0.3, -0.25) is 5.43 Å². The van der Waals surface area contributed by atoms with Crippen molar-refractivity contribution in [2.45, 2.75) is 6.92 Å². The minimum atomic E-state index is 0.399. The Morgan fingerprint density at radius 3 is 2.88 bits per heavy atom. The largest absolute Gasteiger partial charge is 0.383 e. The molecule has 6 nitrogen and oxygen atoms in total. The molecule has 1 aromatic heterocycles. The summed E-state index contributed by atoms with van der Waals surface area (Å²) in [6, 6.07) is 7.34. The third-order valence-electron chi connectivity index (χ3n) is 3.08. The van der Waals surface area contributed by atoms with Gasteiger partial charge in [-0.1, -0.05) is 35.3 Å². The first-order valence-corrected chi connectivity index (χ1v) is 8.27. The fourth-order valence-corrected chi connectivity index (χ4v) is 2.59. The van der Waals surface area contributed by atoms with Crippen molar-refractivity contribution in [1.29, 1.82) is 0 Å². The van der Waals surface area contributed by atoms with Crippen LogP contribution < -0.4 is 10.7 Å². The van der Waals surface area contributed by atoms with Gasteiger partial charge in [-0.05, 0) is 31.3 Å². The Balaban J connectivity index is 2.11.